The first-order valence-electron chi connectivity index (χ1n) is 7.08. The van der Waals surface area contributed by atoms with Gasteiger partial charge in [-0.3, -0.25) is 9.69 Å². The van der Waals surface area contributed by atoms with Gasteiger partial charge in [-0.1, -0.05) is 19.8 Å². The number of carbonyl (C=O) groups is 1. The summed E-state index contributed by atoms with van der Waals surface area (Å²) in [6.07, 6.45) is 6.70. The summed E-state index contributed by atoms with van der Waals surface area (Å²) < 4.78 is 0. The van der Waals surface area contributed by atoms with Crippen molar-refractivity contribution in [3.8, 4) is 0 Å². The number of nitrogens with zero attached hydrogens (tertiary/aromatic N) is 1. The second-order valence-corrected chi connectivity index (χ2v) is 6.01. The van der Waals surface area contributed by atoms with E-state index in [0.29, 0.717) is 12.1 Å². The summed E-state index contributed by atoms with van der Waals surface area (Å²) in [4.78, 5) is 13.8. The van der Waals surface area contributed by atoms with E-state index < -0.39 is 5.97 Å². The van der Waals surface area contributed by atoms with Crippen molar-refractivity contribution in [1.82, 2.24) is 4.90 Å². The predicted octanol–water partition coefficient (Wildman–Crippen LogP) is 2.75. The second kappa shape index (κ2) is 5.38. The van der Waals surface area contributed by atoms with Crippen molar-refractivity contribution >= 4 is 5.97 Å². The molecule has 1 aliphatic carbocycles. The third-order valence-electron chi connectivity index (χ3n) is 4.66. The largest absolute Gasteiger partial charge is 0.481 e. The van der Waals surface area contributed by atoms with Crippen LogP contribution in [0.25, 0.3) is 0 Å². The van der Waals surface area contributed by atoms with Crippen molar-refractivity contribution in [2.75, 3.05) is 6.54 Å². The standard InChI is InChI=1S/C14H25NO2/c1-10-7-8-15(11(2)9-10)13-6-4-3-5-12(13)14(16)17/h10-13H,3-9H2,1-2H3,(H,16,17). The third kappa shape index (κ3) is 2.82. The van der Waals surface area contributed by atoms with Crippen LogP contribution in [0.1, 0.15) is 52.4 Å². The third-order valence-corrected chi connectivity index (χ3v) is 4.66. The molecule has 1 heterocycles. The molecule has 4 unspecified atom stereocenters. The van der Waals surface area contributed by atoms with Crippen molar-refractivity contribution in [1.29, 1.82) is 0 Å². The molecule has 4 atom stereocenters. The first kappa shape index (κ1) is 12.9. The van der Waals surface area contributed by atoms with E-state index in [2.05, 4.69) is 18.7 Å². The van der Waals surface area contributed by atoms with Gasteiger partial charge in [0, 0.05) is 12.1 Å². The van der Waals surface area contributed by atoms with Crippen LogP contribution in [0, 0.1) is 11.8 Å². The summed E-state index contributed by atoms with van der Waals surface area (Å²) in [7, 11) is 0. The second-order valence-electron chi connectivity index (χ2n) is 6.01. The Morgan fingerprint density at radius 1 is 1.18 bits per heavy atom. The van der Waals surface area contributed by atoms with Gasteiger partial charge in [-0.2, -0.15) is 0 Å². The van der Waals surface area contributed by atoms with E-state index in [9.17, 15) is 9.90 Å². The Bertz CT molecular complexity index is 279. The number of hydrogen-bond acceptors (Lipinski definition) is 2. The first-order valence-corrected chi connectivity index (χ1v) is 7.08. The molecule has 1 saturated heterocycles. The number of carboxylic acid groups (broad SMARTS) is 1. The van der Waals surface area contributed by atoms with E-state index in [0.717, 1.165) is 31.7 Å². The van der Waals surface area contributed by atoms with Gasteiger partial charge in [-0.15, -0.1) is 0 Å². The molecule has 0 radical (unpaired) electrons. The average Bonchev–Trinajstić information content (AvgIpc) is 2.29. The van der Waals surface area contributed by atoms with Gasteiger partial charge in [0.05, 0.1) is 5.92 Å². The van der Waals surface area contributed by atoms with Crippen LogP contribution in [0.4, 0.5) is 0 Å². The summed E-state index contributed by atoms with van der Waals surface area (Å²) in [5.74, 6) is 0.0910. The van der Waals surface area contributed by atoms with Crippen molar-refractivity contribution in [2.45, 2.75) is 64.5 Å². The summed E-state index contributed by atoms with van der Waals surface area (Å²) in [5, 5.41) is 9.35. The maximum atomic E-state index is 11.4. The molecule has 1 N–H and O–H groups in total. The Morgan fingerprint density at radius 3 is 2.53 bits per heavy atom. The maximum absolute atomic E-state index is 11.4. The monoisotopic (exact) mass is 239 g/mol. The lowest BCUT2D eigenvalue weighted by atomic mass is 9.81. The predicted molar refractivity (Wildman–Crippen MR) is 67.9 cm³/mol. The molecule has 0 amide bonds. The molecule has 0 aromatic carbocycles. The maximum Gasteiger partial charge on any atom is 0.308 e. The number of carboxylic acids is 1. The molecule has 1 saturated carbocycles. The molecule has 3 nitrogen and oxygen atoms in total. The zero-order valence-electron chi connectivity index (χ0n) is 11.1. The van der Waals surface area contributed by atoms with Crippen LogP contribution >= 0.6 is 0 Å². The van der Waals surface area contributed by atoms with E-state index >= 15 is 0 Å². The Balaban J connectivity index is 2.05. The molecule has 0 bridgehead atoms. The van der Waals surface area contributed by atoms with Gasteiger partial charge in [0.2, 0.25) is 0 Å². The summed E-state index contributed by atoms with van der Waals surface area (Å²) in [6.45, 7) is 5.67. The lowest BCUT2D eigenvalue weighted by Gasteiger charge is -2.45. The van der Waals surface area contributed by atoms with E-state index in [-0.39, 0.29) is 5.92 Å². The Morgan fingerprint density at radius 2 is 1.88 bits per heavy atom. The minimum absolute atomic E-state index is 0.125. The zero-order chi connectivity index (χ0) is 12.4. The molecule has 3 heteroatoms. The minimum atomic E-state index is -0.583. The molecule has 98 valence electrons. The van der Waals surface area contributed by atoms with Gasteiger partial charge in [-0.25, -0.2) is 0 Å². The van der Waals surface area contributed by atoms with Gasteiger partial charge in [-0.05, 0) is 45.1 Å². The van der Waals surface area contributed by atoms with E-state index in [1.54, 1.807) is 0 Å². The fourth-order valence-electron chi connectivity index (χ4n) is 3.71. The first-order chi connectivity index (χ1) is 8.09. The minimum Gasteiger partial charge on any atom is -0.481 e. The van der Waals surface area contributed by atoms with E-state index in [4.69, 9.17) is 0 Å². The lowest BCUT2D eigenvalue weighted by molar-refractivity contribution is -0.146. The Hall–Kier alpha value is -0.570. The van der Waals surface area contributed by atoms with Crippen molar-refractivity contribution in [3.63, 3.8) is 0 Å². The molecule has 0 spiro atoms. The summed E-state index contributed by atoms with van der Waals surface area (Å²) >= 11 is 0. The fraction of sp³-hybridized carbons (Fsp3) is 0.929. The molecule has 0 aromatic rings. The Kier molecular flexibility index (Phi) is 4.08. The van der Waals surface area contributed by atoms with Gasteiger partial charge in [0.15, 0.2) is 0 Å². The molecule has 0 aromatic heterocycles. The molecular formula is C14H25NO2. The van der Waals surface area contributed by atoms with E-state index in [1.165, 1.54) is 19.3 Å². The van der Waals surface area contributed by atoms with Crippen LogP contribution < -0.4 is 0 Å². The van der Waals surface area contributed by atoms with Gasteiger partial charge >= 0.3 is 5.97 Å². The quantitative estimate of drug-likeness (QED) is 0.805. The molecule has 2 rings (SSSR count). The van der Waals surface area contributed by atoms with Crippen molar-refractivity contribution in [2.24, 2.45) is 11.8 Å². The van der Waals surface area contributed by atoms with Crippen molar-refractivity contribution < 1.29 is 9.90 Å². The summed E-state index contributed by atoms with van der Waals surface area (Å²) in [5.41, 5.74) is 0. The van der Waals surface area contributed by atoms with Gasteiger partial charge < -0.3 is 5.11 Å². The highest BCUT2D eigenvalue weighted by Crippen LogP contribution is 2.33. The number of rotatable bonds is 2. The van der Waals surface area contributed by atoms with E-state index in [1.807, 2.05) is 0 Å². The number of hydrogen-bond donors (Lipinski definition) is 1. The topological polar surface area (TPSA) is 40.5 Å². The lowest BCUT2D eigenvalue weighted by Crippen LogP contribution is -2.52. The van der Waals surface area contributed by atoms with Gasteiger partial charge in [0.25, 0.3) is 0 Å². The SMILES string of the molecule is CC1CCN(C2CCCCC2C(=O)O)C(C)C1. The van der Waals surface area contributed by atoms with Crippen LogP contribution in [0.5, 0.6) is 0 Å². The van der Waals surface area contributed by atoms with Crippen LogP contribution in [-0.2, 0) is 4.79 Å². The average molecular weight is 239 g/mol. The molecule has 2 aliphatic rings. The van der Waals surface area contributed by atoms with Crippen LogP contribution in [0.15, 0.2) is 0 Å². The van der Waals surface area contributed by atoms with Crippen molar-refractivity contribution in [3.05, 3.63) is 0 Å². The normalized spacial score (nSPS) is 40.1. The van der Waals surface area contributed by atoms with Crippen LogP contribution in [-0.4, -0.2) is 34.6 Å². The number of aliphatic carboxylic acids is 1. The fourth-order valence-corrected chi connectivity index (χ4v) is 3.71. The van der Waals surface area contributed by atoms with Gasteiger partial charge in [0.1, 0.15) is 0 Å². The summed E-state index contributed by atoms with van der Waals surface area (Å²) in [6, 6.07) is 0.854. The highest BCUT2D eigenvalue weighted by molar-refractivity contribution is 5.71. The van der Waals surface area contributed by atoms with Crippen LogP contribution in [0.2, 0.25) is 0 Å². The number of piperidine rings is 1. The molecule has 1 aliphatic heterocycles. The highest BCUT2D eigenvalue weighted by atomic mass is 16.4. The smallest absolute Gasteiger partial charge is 0.308 e. The zero-order valence-corrected chi connectivity index (χ0v) is 11.1. The van der Waals surface area contributed by atoms with Crippen LogP contribution in [0.3, 0.4) is 0 Å². The Labute approximate surface area is 104 Å². The number of likely N-dealkylation sites (tertiary alicyclic amines) is 1. The molecular weight excluding hydrogens is 214 g/mol. The molecule has 17 heavy (non-hydrogen) atoms. The highest BCUT2D eigenvalue weighted by Gasteiger charge is 2.38. The molecule has 2 fully saturated rings.